The Labute approximate surface area is 201 Å². The molecule has 186 valence electrons. The van der Waals surface area contributed by atoms with E-state index in [1.54, 1.807) is 30.3 Å². The number of aromatic nitrogens is 2. The highest BCUT2D eigenvalue weighted by Gasteiger charge is 2.17. The quantitative estimate of drug-likeness (QED) is 0.260. The fourth-order valence-corrected chi connectivity index (χ4v) is 3.17. The lowest BCUT2D eigenvalue weighted by molar-refractivity contribution is -0.0510. The third kappa shape index (κ3) is 7.51. The van der Waals surface area contributed by atoms with E-state index in [-0.39, 0.29) is 29.4 Å². The summed E-state index contributed by atoms with van der Waals surface area (Å²) in [6.45, 7) is -0.814. The number of nitrogen functional groups attached to an aromatic ring is 1. The monoisotopic (exact) mass is 487 g/mol. The number of unbranched alkanes of at least 4 members (excludes halogenated alkanes) is 1. The number of anilines is 1. The van der Waals surface area contributed by atoms with Gasteiger partial charge in [0.25, 0.3) is 5.91 Å². The lowest BCUT2D eigenvalue weighted by Gasteiger charge is -2.12. The van der Waals surface area contributed by atoms with Gasteiger partial charge < -0.3 is 20.3 Å². The molecule has 0 aliphatic heterocycles. The van der Waals surface area contributed by atoms with Crippen molar-refractivity contribution in [3.05, 3.63) is 65.9 Å². The van der Waals surface area contributed by atoms with Crippen molar-refractivity contribution in [3.63, 3.8) is 0 Å². The molecule has 9 nitrogen and oxygen atoms in total. The molecular formula is C24H27F2N5O4. The van der Waals surface area contributed by atoms with Gasteiger partial charge in [-0.3, -0.25) is 4.79 Å². The van der Waals surface area contributed by atoms with Crippen LogP contribution in [0.4, 0.5) is 14.6 Å². The number of nitrogens with one attached hydrogen (secondary N) is 1. The molecule has 0 fully saturated rings. The number of amides is 1. The van der Waals surface area contributed by atoms with Crippen LogP contribution in [0.2, 0.25) is 0 Å². The molecule has 4 N–H and O–H groups in total. The molecule has 1 unspecified atom stereocenters. The summed E-state index contributed by atoms with van der Waals surface area (Å²) < 4.78 is 37.1. The maximum absolute atomic E-state index is 12.8. The van der Waals surface area contributed by atoms with Gasteiger partial charge in [0.15, 0.2) is 11.5 Å². The molecule has 11 heteroatoms. The predicted octanol–water partition coefficient (Wildman–Crippen LogP) is 4.17. The van der Waals surface area contributed by atoms with Crippen molar-refractivity contribution in [1.82, 2.24) is 15.2 Å². The van der Waals surface area contributed by atoms with Crippen LogP contribution in [-0.2, 0) is 6.54 Å². The predicted molar refractivity (Wildman–Crippen MR) is 127 cm³/mol. The van der Waals surface area contributed by atoms with E-state index in [1.807, 2.05) is 6.92 Å². The third-order valence-corrected chi connectivity index (χ3v) is 4.93. The number of hydrogen-bond acceptors (Lipinski definition) is 7. The van der Waals surface area contributed by atoms with Crippen LogP contribution < -0.4 is 20.6 Å². The van der Waals surface area contributed by atoms with Crippen LogP contribution in [0.1, 0.15) is 42.1 Å². The van der Waals surface area contributed by atoms with Gasteiger partial charge in [0.2, 0.25) is 0 Å². The van der Waals surface area contributed by atoms with E-state index in [1.165, 1.54) is 35.3 Å². The Kier molecular flexibility index (Phi) is 9.13. The van der Waals surface area contributed by atoms with Crippen LogP contribution in [0, 0.1) is 0 Å². The Morgan fingerprint density at radius 1 is 1.26 bits per heavy atom. The molecule has 0 aliphatic rings. The summed E-state index contributed by atoms with van der Waals surface area (Å²) in [5, 5.41) is 18.0. The van der Waals surface area contributed by atoms with E-state index in [4.69, 9.17) is 10.5 Å². The minimum Gasteiger partial charge on any atom is -0.453 e. The van der Waals surface area contributed by atoms with Gasteiger partial charge >= 0.3 is 6.61 Å². The van der Waals surface area contributed by atoms with Gasteiger partial charge in [-0.15, -0.1) is 0 Å². The molecule has 0 saturated heterocycles. The number of nitrogens with zero attached hydrogens (tertiary/aromatic N) is 3. The number of ether oxygens (including phenoxy) is 2. The van der Waals surface area contributed by atoms with Crippen molar-refractivity contribution in [2.24, 2.45) is 5.10 Å². The molecule has 2 aromatic carbocycles. The number of carbonyl (C=O) groups excluding carboxylic acids is 1. The number of aliphatic hydroxyl groups is 1. The van der Waals surface area contributed by atoms with Gasteiger partial charge in [-0.25, -0.2) is 10.1 Å². The first-order valence-corrected chi connectivity index (χ1v) is 11.0. The zero-order valence-corrected chi connectivity index (χ0v) is 19.1. The van der Waals surface area contributed by atoms with Gasteiger partial charge in [0, 0.05) is 0 Å². The summed E-state index contributed by atoms with van der Waals surface area (Å²) in [4.78, 5) is 12.5. The molecule has 1 atom stereocenters. The van der Waals surface area contributed by atoms with Crippen LogP contribution in [-0.4, -0.2) is 39.7 Å². The zero-order chi connectivity index (χ0) is 25.2. The number of halogens is 2. The van der Waals surface area contributed by atoms with E-state index in [9.17, 15) is 18.7 Å². The number of nitrogens with two attached hydrogens (primary N) is 1. The standard InChI is InChI=1S/C24H27F2N5O4/c1-2-3-7-17(32)15-31-22(27)19(14-29-31)23(33)30-28-13-16-10-11-20(35-24(25)26)21(12-16)34-18-8-5-4-6-9-18/h4-6,8-14,17,24,32H,2-3,7,15,27H2,1H3,(H,30,33)/b28-13-. The van der Waals surface area contributed by atoms with Crippen molar-refractivity contribution < 1.29 is 28.2 Å². The third-order valence-electron chi connectivity index (χ3n) is 4.93. The second kappa shape index (κ2) is 12.5. The maximum atomic E-state index is 12.8. The molecule has 1 amide bonds. The second-order valence-corrected chi connectivity index (χ2v) is 7.62. The highest BCUT2D eigenvalue weighted by atomic mass is 19.3. The smallest absolute Gasteiger partial charge is 0.387 e. The van der Waals surface area contributed by atoms with E-state index >= 15 is 0 Å². The van der Waals surface area contributed by atoms with Crippen molar-refractivity contribution in [1.29, 1.82) is 0 Å². The lowest BCUT2D eigenvalue weighted by Crippen LogP contribution is -2.21. The maximum Gasteiger partial charge on any atom is 0.387 e. The fraction of sp³-hybridized carbons (Fsp3) is 0.292. The summed E-state index contributed by atoms with van der Waals surface area (Å²) in [5.74, 6) is -0.140. The Balaban J connectivity index is 1.67. The number of hydrazone groups is 1. The minimum absolute atomic E-state index is 0.0546. The van der Waals surface area contributed by atoms with Crippen LogP contribution in [0.25, 0.3) is 0 Å². The second-order valence-electron chi connectivity index (χ2n) is 7.62. The van der Waals surface area contributed by atoms with Crippen molar-refractivity contribution in [2.75, 3.05) is 5.73 Å². The molecule has 0 spiro atoms. The minimum atomic E-state index is -3.02. The molecule has 0 radical (unpaired) electrons. The van der Waals surface area contributed by atoms with Crippen molar-refractivity contribution in [3.8, 4) is 17.2 Å². The highest BCUT2D eigenvalue weighted by Crippen LogP contribution is 2.33. The topological polar surface area (TPSA) is 124 Å². The Bertz CT molecular complexity index is 1140. The average Bonchev–Trinajstić information content (AvgIpc) is 3.19. The van der Waals surface area contributed by atoms with Crippen LogP contribution in [0.3, 0.4) is 0 Å². The number of aliphatic hydroxyl groups excluding tert-OH is 1. The normalized spacial score (nSPS) is 12.1. The summed E-state index contributed by atoms with van der Waals surface area (Å²) >= 11 is 0. The van der Waals surface area contributed by atoms with E-state index in [2.05, 4.69) is 20.4 Å². The molecule has 1 heterocycles. The largest absolute Gasteiger partial charge is 0.453 e. The first-order chi connectivity index (χ1) is 16.9. The van der Waals surface area contributed by atoms with Gasteiger partial charge in [0.1, 0.15) is 17.1 Å². The Hall–Kier alpha value is -3.99. The molecule has 0 aliphatic carbocycles. The summed E-state index contributed by atoms with van der Waals surface area (Å²) in [7, 11) is 0. The number of rotatable bonds is 12. The highest BCUT2D eigenvalue weighted by molar-refractivity contribution is 5.98. The molecule has 0 saturated carbocycles. The van der Waals surface area contributed by atoms with Crippen LogP contribution in [0.15, 0.2) is 59.8 Å². The molecule has 3 aromatic rings. The van der Waals surface area contributed by atoms with Gasteiger partial charge in [-0.05, 0) is 42.3 Å². The molecule has 3 rings (SSSR count). The summed E-state index contributed by atoms with van der Waals surface area (Å²) in [6.07, 6.45) is 4.44. The Morgan fingerprint density at radius 2 is 2.03 bits per heavy atom. The average molecular weight is 488 g/mol. The first-order valence-electron chi connectivity index (χ1n) is 11.0. The van der Waals surface area contributed by atoms with Crippen molar-refractivity contribution in [2.45, 2.75) is 45.4 Å². The lowest BCUT2D eigenvalue weighted by atomic mass is 10.1. The first kappa shape index (κ1) is 25.6. The SMILES string of the molecule is CCCCC(O)Cn1ncc(C(=O)N/N=C\c2ccc(OC(F)F)c(Oc3ccccc3)c2)c1N. The number of benzene rings is 2. The van der Waals surface area contributed by atoms with Crippen LogP contribution in [0.5, 0.6) is 17.2 Å². The van der Waals surface area contributed by atoms with Crippen LogP contribution >= 0.6 is 0 Å². The van der Waals surface area contributed by atoms with E-state index in [0.29, 0.717) is 17.7 Å². The Morgan fingerprint density at radius 3 is 2.74 bits per heavy atom. The summed E-state index contributed by atoms with van der Waals surface area (Å²) in [5.41, 5.74) is 8.92. The number of carbonyl (C=O) groups is 1. The zero-order valence-electron chi connectivity index (χ0n) is 19.1. The van der Waals surface area contributed by atoms with Gasteiger partial charge in [-0.2, -0.15) is 19.0 Å². The molecule has 0 bridgehead atoms. The van der Waals surface area contributed by atoms with Crippen molar-refractivity contribution >= 4 is 17.9 Å². The number of alkyl halides is 2. The molecule has 1 aromatic heterocycles. The molecular weight excluding hydrogens is 460 g/mol. The fourth-order valence-electron chi connectivity index (χ4n) is 3.17. The van der Waals surface area contributed by atoms with Gasteiger partial charge in [0.05, 0.1) is 25.1 Å². The number of para-hydroxylation sites is 1. The molecule has 35 heavy (non-hydrogen) atoms. The number of hydrogen-bond donors (Lipinski definition) is 3. The van der Waals surface area contributed by atoms with Gasteiger partial charge in [-0.1, -0.05) is 38.0 Å². The summed E-state index contributed by atoms with van der Waals surface area (Å²) in [6, 6.07) is 12.9. The van der Waals surface area contributed by atoms with E-state index in [0.717, 1.165) is 12.8 Å². The van der Waals surface area contributed by atoms with E-state index < -0.39 is 18.6 Å².